The van der Waals surface area contributed by atoms with E-state index in [4.69, 9.17) is 0 Å². The summed E-state index contributed by atoms with van der Waals surface area (Å²) in [6.07, 6.45) is 10.6. The highest BCUT2D eigenvalue weighted by atomic mass is 127. The number of rotatable bonds is 2. The van der Waals surface area contributed by atoms with Gasteiger partial charge < -0.3 is 5.32 Å². The molecule has 4 saturated carbocycles. The fourth-order valence-electron chi connectivity index (χ4n) is 5.15. The van der Waals surface area contributed by atoms with E-state index in [0.29, 0.717) is 5.54 Å². The van der Waals surface area contributed by atoms with Crippen molar-refractivity contribution in [3.63, 3.8) is 0 Å². The molecular weight excluding hydrogens is 347 g/mol. The summed E-state index contributed by atoms with van der Waals surface area (Å²) < 4.78 is 1.32. The van der Waals surface area contributed by atoms with Crippen LogP contribution in [0.1, 0.15) is 44.1 Å². The van der Waals surface area contributed by atoms with Gasteiger partial charge in [-0.25, -0.2) is 4.98 Å². The third-order valence-corrected chi connectivity index (χ3v) is 6.73. The van der Waals surface area contributed by atoms with Crippen LogP contribution in [0.15, 0.2) is 12.3 Å². The van der Waals surface area contributed by atoms with Gasteiger partial charge in [0.15, 0.2) is 0 Å². The van der Waals surface area contributed by atoms with E-state index in [0.717, 1.165) is 23.6 Å². The molecule has 0 amide bonds. The fraction of sp³-hybridized carbons (Fsp3) is 0.688. The molecule has 3 heteroatoms. The third-order valence-electron chi connectivity index (χ3n) is 5.56. The van der Waals surface area contributed by atoms with E-state index in [2.05, 4.69) is 45.9 Å². The van der Waals surface area contributed by atoms with Crippen molar-refractivity contribution < 1.29 is 0 Å². The number of halogens is 1. The Kier molecular flexibility index (Phi) is 2.84. The molecule has 4 fully saturated rings. The third kappa shape index (κ3) is 2.08. The molecule has 0 unspecified atom stereocenters. The zero-order valence-electron chi connectivity index (χ0n) is 11.5. The molecular formula is C16H21IN2. The number of hydrogen-bond acceptors (Lipinski definition) is 2. The lowest BCUT2D eigenvalue weighted by molar-refractivity contribution is 0.0105. The van der Waals surface area contributed by atoms with Gasteiger partial charge >= 0.3 is 0 Å². The summed E-state index contributed by atoms with van der Waals surface area (Å²) in [4.78, 5) is 4.60. The maximum absolute atomic E-state index is 4.60. The van der Waals surface area contributed by atoms with Crippen molar-refractivity contribution in [2.75, 3.05) is 5.32 Å². The maximum atomic E-state index is 4.60. The van der Waals surface area contributed by atoms with Crippen LogP contribution in [0.25, 0.3) is 0 Å². The standard InChI is InChI=1S/C16H21IN2/c1-10-14(17)2-3-18-15(10)19-16-7-11-4-12(8-16)6-13(5-11)9-16/h2-3,11-13H,4-9H2,1H3,(H,18,19). The molecule has 0 atom stereocenters. The summed E-state index contributed by atoms with van der Waals surface area (Å²) in [6, 6.07) is 2.10. The number of nitrogens with zero attached hydrogens (tertiary/aromatic N) is 1. The molecule has 1 aromatic heterocycles. The van der Waals surface area contributed by atoms with E-state index in [9.17, 15) is 0 Å². The summed E-state index contributed by atoms with van der Waals surface area (Å²) >= 11 is 2.41. The first kappa shape index (κ1) is 12.4. The molecule has 4 bridgehead atoms. The van der Waals surface area contributed by atoms with Crippen molar-refractivity contribution in [3.8, 4) is 0 Å². The van der Waals surface area contributed by atoms with E-state index in [1.165, 1.54) is 47.7 Å². The van der Waals surface area contributed by atoms with E-state index >= 15 is 0 Å². The first-order chi connectivity index (χ1) is 9.13. The van der Waals surface area contributed by atoms with E-state index in [1.54, 1.807) is 0 Å². The van der Waals surface area contributed by atoms with Gasteiger partial charge in [-0.1, -0.05) is 0 Å². The van der Waals surface area contributed by atoms with Gasteiger partial charge in [0, 0.05) is 20.9 Å². The van der Waals surface area contributed by atoms with Crippen LogP contribution in [0.2, 0.25) is 0 Å². The zero-order chi connectivity index (χ0) is 13.0. The van der Waals surface area contributed by atoms with Crippen LogP contribution < -0.4 is 5.32 Å². The minimum Gasteiger partial charge on any atom is -0.364 e. The van der Waals surface area contributed by atoms with E-state index in [-0.39, 0.29) is 0 Å². The summed E-state index contributed by atoms with van der Waals surface area (Å²) in [6.45, 7) is 2.19. The smallest absolute Gasteiger partial charge is 0.130 e. The van der Waals surface area contributed by atoms with Crippen LogP contribution in [0.3, 0.4) is 0 Å². The SMILES string of the molecule is Cc1c(I)ccnc1NC12CC3CC(CC(C3)C1)C2. The number of hydrogen-bond donors (Lipinski definition) is 1. The van der Waals surface area contributed by atoms with Crippen LogP contribution in [-0.2, 0) is 0 Å². The molecule has 0 aromatic carbocycles. The zero-order valence-corrected chi connectivity index (χ0v) is 13.6. The molecule has 1 heterocycles. The maximum Gasteiger partial charge on any atom is 0.130 e. The molecule has 0 aliphatic heterocycles. The monoisotopic (exact) mass is 368 g/mol. The Morgan fingerprint density at radius 1 is 1.16 bits per heavy atom. The number of aromatic nitrogens is 1. The van der Waals surface area contributed by atoms with Crippen molar-refractivity contribution in [3.05, 3.63) is 21.4 Å². The van der Waals surface area contributed by atoms with Crippen molar-refractivity contribution in [2.24, 2.45) is 17.8 Å². The van der Waals surface area contributed by atoms with Crippen molar-refractivity contribution in [1.29, 1.82) is 0 Å². The minimum absolute atomic E-state index is 0.372. The predicted molar refractivity (Wildman–Crippen MR) is 86.2 cm³/mol. The number of pyridine rings is 1. The van der Waals surface area contributed by atoms with Gasteiger partial charge in [-0.2, -0.15) is 0 Å². The second-order valence-corrected chi connectivity index (χ2v) is 8.25. The molecule has 0 spiro atoms. The van der Waals surface area contributed by atoms with Gasteiger partial charge in [0.05, 0.1) is 0 Å². The van der Waals surface area contributed by atoms with Gasteiger partial charge in [-0.3, -0.25) is 0 Å². The summed E-state index contributed by atoms with van der Waals surface area (Å²) in [7, 11) is 0. The Morgan fingerprint density at radius 2 is 1.74 bits per heavy atom. The number of anilines is 1. The average Bonchev–Trinajstić information content (AvgIpc) is 2.33. The first-order valence-corrected chi connectivity index (χ1v) is 8.61. The molecule has 0 saturated heterocycles. The van der Waals surface area contributed by atoms with Crippen molar-refractivity contribution >= 4 is 28.4 Å². The highest BCUT2D eigenvalue weighted by Crippen LogP contribution is 2.56. The second-order valence-electron chi connectivity index (χ2n) is 7.09. The predicted octanol–water partition coefficient (Wildman–Crippen LogP) is 4.38. The highest BCUT2D eigenvalue weighted by molar-refractivity contribution is 14.1. The van der Waals surface area contributed by atoms with E-state index in [1.807, 2.05) is 6.20 Å². The normalized spacial score (nSPS) is 39.6. The van der Waals surface area contributed by atoms with Crippen LogP contribution in [0.4, 0.5) is 5.82 Å². The fourth-order valence-corrected chi connectivity index (χ4v) is 5.57. The summed E-state index contributed by atoms with van der Waals surface area (Å²) in [5, 5.41) is 3.88. The van der Waals surface area contributed by atoms with Gasteiger partial charge in [0.1, 0.15) is 5.82 Å². The Morgan fingerprint density at radius 3 is 2.32 bits per heavy atom. The van der Waals surface area contributed by atoms with Crippen LogP contribution in [-0.4, -0.2) is 10.5 Å². The minimum atomic E-state index is 0.372. The van der Waals surface area contributed by atoms with Crippen molar-refractivity contribution in [2.45, 2.75) is 51.0 Å². The van der Waals surface area contributed by atoms with E-state index < -0.39 is 0 Å². The Hall–Kier alpha value is -0.320. The molecule has 1 N–H and O–H groups in total. The lowest BCUT2D eigenvalue weighted by atomic mass is 9.53. The molecule has 4 aliphatic rings. The Balaban J connectivity index is 1.64. The molecule has 1 aromatic rings. The summed E-state index contributed by atoms with van der Waals surface area (Å²) in [5.74, 6) is 4.10. The molecule has 5 rings (SSSR count). The Labute approximate surface area is 128 Å². The molecule has 102 valence electrons. The lowest BCUT2D eigenvalue weighted by Crippen LogP contribution is -2.55. The van der Waals surface area contributed by atoms with Gasteiger partial charge in [-0.15, -0.1) is 0 Å². The molecule has 0 radical (unpaired) electrons. The Bertz CT molecular complexity index is 476. The van der Waals surface area contributed by atoms with Crippen molar-refractivity contribution in [1.82, 2.24) is 4.98 Å². The second kappa shape index (κ2) is 4.34. The highest BCUT2D eigenvalue weighted by Gasteiger charge is 2.51. The molecule has 2 nitrogen and oxygen atoms in total. The molecule has 19 heavy (non-hydrogen) atoms. The van der Waals surface area contributed by atoms with Crippen LogP contribution in [0, 0.1) is 28.2 Å². The summed E-state index contributed by atoms with van der Waals surface area (Å²) in [5.41, 5.74) is 1.69. The van der Waals surface area contributed by atoms with Crippen LogP contribution in [0.5, 0.6) is 0 Å². The topological polar surface area (TPSA) is 24.9 Å². The molecule has 4 aliphatic carbocycles. The largest absolute Gasteiger partial charge is 0.364 e. The number of nitrogens with one attached hydrogen (secondary N) is 1. The van der Waals surface area contributed by atoms with Gasteiger partial charge in [-0.05, 0) is 91.9 Å². The van der Waals surface area contributed by atoms with Gasteiger partial charge in [0.2, 0.25) is 0 Å². The lowest BCUT2D eigenvalue weighted by Gasteiger charge is -2.57. The van der Waals surface area contributed by atoms with Crippen LogP contribution >= 0.6 is 22.6 Å². The first-order valence-electron chi connectivity index (χ1n) is 7.53. The average molecular weight is 368 g/mol. The quantitative estimate of drug-likeness (QED) is 0.784. The van der Waals surface area contributed by atoms with Gasteiger partial charge in [0.25, 0.3) is 0 Å².